The standard InChI is InChI=1S/C19H13BrN6/c20-13-5-6-15-16(10-13)25-19(17-12-21-8-9-23-17)26-18(15)24-11-14-4-2-1-3-7-22-14/h1-3,5-10,12H,11H2,(H,24,25,26). The minimum atomic E-state index is 0.497. The maximum Gasteiger partial charge on any atom is 0.182 e. The second-order valence-electron chi connectivity index (χ2n) is 5.42. The number of aliphatic imine (C=N–C) groups is 1. The number of hydrogen-bond donors (Lipinski definition) is 1. The topological polar surface area (TPSA) is 76.0 Å². The van der Waals surface area contributed by atoms with Gasteiger partial charge in [-0.2, -0.15) is 0 Å². The molecule has 7 heteroatoms. The summed E-state index contributed by atoms with van der Waals surface area (Å²) in [7, 11) is 0. The van der Waals surface area contributed by atoms with Gasteiger partial charge >= 0.3 is 0 Å². The van der Waals surface area contributed by atoms with Crippen molar-refractivity contribution in [3.8, 4) is 11.5 Å². The average molecular weight is 405 g/mol. The van der Waals surface area contributed by atoms with Gasteiger partial charge in [-0.25, -0.2) is 15.0 Å². The SMILES string of the molecule is Brc1ccc2c(NCC3=C=CC=CC=N3)nc(-c3cnccn3)nc2c1. The molecule has 1 N–H and O–H groups in total. The molecule has 3 aromatic rings. The summed E-state index contributed by atoms with van der Waals surface area (Å²) >= 11 is 3.49. The number of nitrogens with zero attached hydrogens (tertiary/aromatic N) is 5. The zero-order valence-corrected chi connectivity index (χ0v) is 15.2. The molecule has 1 aliphatic heterocycles. The van der Waals surface area contributed by atoms with Gasteiger partial charge in [-0.1, -0.05) is 27.7 Å². The highest BCUT2D eigenvalue weighted by Gasteiger charge is 2.11. The molecule has 0 fully saturated rings. The van der Waals surface area contributed by atoms with Gasteiger partial charge in [0.05, 0.1) is 18.3 Å². The lowest BCUT2D eigenvalue weighted by molar-refractivity contribution is 1.11. The van der Waals surface area contributed by atoms with E-state index in [9.17, 15) is 0 Å². The van der Waals surface area contributed by atoms with E-state index in [-0.39, 0.29) is 0 Å². The third-order valence-electron chi connectivity index (χ3n) is 3.65. The molecule has 1 aliphatic rings. The van der Waals surface area contributed by atoms with Crippen LogP contribution in [0.1, 0.15) is 0 Å². The molecule has 0 saturated heterocycles. The molecule has 6 nitrogen and oxygen atoms in total. The smallest absolute Gasteiger partial charge is 0.182 e. The number of allylic oxidation sites excluding steroid dienone is 2. The van der Waals surface area contributed by atoms with E-state index in [1.807, 2.05) is 36.4 Å². The van der Waals surface area contributed by atoms with E-state index >= 15 is 0 Å². The number of aromatic nitrogens is 4. The Bertz CT molecular complexity index is 1080. The highest BCUT2D eigenvalue weighted by atomic mass is 79.9. The lowest BCUT2D eigenvalue weighted by atomic mass is 10.2. The summed E-state index contributed by atoms with van der Waals surface area (Å²) in [5.74, 6) is 1.23. The van der Waals surface area contributed by atoms with Crippen LogP contribution in [0.2, 0.25) is 0 Å². The van der Waals surface area contributed by atoms with Crippen LogP contribution in [0.5, 0.6) is 0 Å². The predicted octanol–water partition coefficient (Wildman–Crippen LogP) is 3.94. The Labute approximate surface area is 158 Å². The van der Waals surface area contributed by atoms with Crippen LogP contribution in [0.3, 0.4) is 0 Å². The fraction of sp³-hybridized carbons (Fsp3) is 0.0526. The molecule has 1 aromatic carbocycles. The van der Waals surface area contributed by atoms with E-state index in [0.717, 1.165) is 21.1 Å². The summed E-state index contributed by atoms with van der Waals surface area (Å²) in [6, 6.07) is 5.89. The van der Waals surface area contributed by atoms with Crippen molar-refractivity contribution in [2.75, 3.05) is 11.9 Å². The first-order valence-corrected chi connectivity index (χ1v) is 8.71. The number of benzene rings is 1. The van der Waals surface area contributed by atoms with Crippen LogP contribution in [0.15, 0.2) is 75.9 Å². The number of halogens is 1. The molecule has 2 aromatic heterocycles. The first kappa shape index (κ1) is 16.3. The van der Waals surface area contributed by atoms with Crippen molar-refractivity contribution in [3.63, 3.8) is 0 Å². The maximum atomic E-state index is 4.65. The zero-order valence-electron chi connectivity index (χ0n) is 13.6. The Balaban J connectivity index is 1.75. The molecule has 0 radical (unpaired) electrons. The number of rotatable bonds is 4. The first-order chi connectivity index (χ1) is 12.8. The van der Waals surface area contributed by atoms with Crippen molar-refractivity contribution < 1.29 is 0 Å². The van der Waals surface area contributed by atoms with Gasteiger partial charge in [-0.3, -0.25) is 9.98 Å². The number of nitrogens with one attached hydrogen (secondary N) is 1. The molecule has 0 bridgehead atoms. The van der Waals surface area contributed by atoms with E-state index in [1.54, 1.807) is 24.8 Å². The van der Waals surface area contributed by atoms with Gasteiger partial charge < -0.3 is 5.32 Å². The predicted molar refractivity (Wildman–Crippen MR) is 106 cm³/mol. The second-order valence-corrected chi connectivity index (χ2v) is 6.34. The Morgan fingerprint density at radius 2 is 2.08 bits per heavy atom. The molecular weight excluding hydrogens is 392 g/mol. The van der Waals surface area contributed by atoms with Crippen molar-refractivity contribution in [1.29, 1.82) is 0 Å². The van der Waals surface area contributed by atoms with Crippen molar-refractivity contribution in [2.24, 2.45) is 4.99 Å². The van der Waals surface area contributed by atoms with Gasteiger partial charge in [0.25, 0.3) is 0 Å². The minimum absolute atomic E-state index is 0.497. The van der Waals surface area contributed by atoms with E-state index in [1.165, 1.54) is 0 Å². The monoisotopic (exact) mass is 404 g/mol. The Kier molecular flexibility index (Phi) is 4.64. The lowest BCUT2D eigenvalue weighted by Gasteiger charge is -2.10. The van der Waals surface area contributed by atoms with Crippen LogP contribution >= 0.6 is 15.9 Å². The van der Waals surface area contributed by atoms with Crippen LogP contribution in [-0.4, -0.2) is 32.7 Å². The minimum Gasteiger partial charge on any atom is -0.363 e. The molecule has 0 amide bonds. The molecular formula is C19H13BrN6. The van der Waals surface area contributed by atoms with Gasteiger partial charge in [0, 0.05) is 28.5 Å². The van der Waals surface area contributed by atoms with Crippen LogP contribution in [0.4, 0.5) is 5.82 Å². The summed E-state index contributed by atoms with van der Waals surface area (Å²) in [6.45, 7) is 0.497. The van der Waals surface area contributed by atoms with Gasteiger partial charge in [0.15, 0.2) is 5.82 Å². The van der Waals surface area contributed by atoms with Gasteiger partial charge in [0.2, 0.25) is 0 Å². The third kappa shape index (κ3) is 3.59. The molecule has 0 unspecified atom stereocenters. The molecule has 26 heavy (non-hydrogen) atoms. The van der Waals surface area contributed by atoms with Gasteiger partial charge in [-0.05, 0) is 30.4 Å². The number of anilines is 1. The molecule has 4 rings (SSSR count). The fourth-order valence-corrected chi connectivity index (χ4v) is 2.80. The molecule has 0 spiro atoms. The largest absolute Gasteiger partial charge is 0.363 e. The van der Waals surface area contributed by atoms with Crippen LogP contribution in [-0.2, 0) is 0 Å². The summed E-state index contributed by atoms with van der Waals surface area (Å²) in [6.07, 6.45) is 12.2. The van der Waals surface area contributed by atoms with Crippen LogP contribution in [0, 0.1) is 0 Å². The molecule has 3 heterocycles. The van der Waals surface area contributed by atoms with Crippen molar-refractivity contribution in [2.45, 2.75) is 0 Å². The summed E-state index contributed by atoms with van der Waals surface area (Å²) in [5, 5.41) is 4.26. The molecule has 126 valence electrons. The summed E-state index contributed by atoms with van der Waals surface area (Å²) in [5.41, 5.74) is 5.35. The Hall–Kier alpha value is -3.15. The van der Waals surface area contributed by atoms with E-state index in [2.05, 4.69) is 51.9 Å². The molecule has 0 saturated carbocycles. The average Bonchev–Trinajstić information content (AvgIpc) is 2.95. The van der Waals surface area contributed by atoms with Gasteiger partial charge in [-0.15, -0.1) is 0 Å². The first-order valence-electron chi connectivity index (χ1n) is 7.92. The summed E-state index contributed by atoms with van der Waals surface area (Å²) in [4.78, 5) is 22.0. The second kappa shape index (κ2) is 7.39. The molecule has 0 atom stereocenters. The number of hydrogen-bond acceptors (Lipinski definition) is 6. The third-order valence-corrected chi connectivity index (χ3v) is 4.14. The lowest BCUT2D eigenvalue weighted by Crippen LogP contribution is -2.07. The van der Waals surface area contributed by atoms with Crippen LogP contribution in [0.25, 0.3) is 22.4 Å². The maximum absolute atomic E-state index is 4.65. The van der Waals surface area contributed by atoms with Gasteiger partial charge in [0.1, 0.15) is 17.2 Å². The highest BCUT2D eigenvalue weighted by Crippen LogP contribution is 2.26. The quantitative estimate of drug-likeness (QED) is 0.666. The fourth-order valence-electron chi connectivity index (χ4n) is 2.45. The van der Waals surface area contributed by atoms with Crippen molar-refractivity contribution in [3.05, 3.63) is 70.9 Å². The van der Waals surface area contributed by atoms with Crippen molar-refractivity contribution in [1.82, 2.24) is 19.9 Å². The van der Waals surface area contributed by atoms with E-state index < -0.39 is 0 Å². The Morgan fingerprint density at radius 1 is 1.12 bits per heavy atom. The van der Waals surface area contributed by atoms with E-state index in [0.29, 0.717) is 23.9 Å². The van der Waals surface area contributed by atoms with Crippen LogP contribution < -0.4 is 5.32 Å². The molecule has 0 aliphatic carbocycles. The summed E-state index contributed by atoms with van der Waals surface area (Å²) < 4.78 is 0.949. The normalized spacial score (nSPS) is 12.9. The highest BCUT2D eigenvalue weighted by molar-refractivity contribution is 9.10. The van der Waals surface area contributed by atoms with E-state index in [4.69, 9.17) is 0 Å². The Morgan fingerprint density at radius 3 is 2.96 bits per heavy atom. The zero-order chi connectivity index (χ0) is 17.8. The van der Waals surface area contributed by atoms with Crippen molar-refractivity contribution >= 4 is 38.9 Å². The number of fused-ring (bicyclic) bond motifs is 1.